The van der Waals surface area contributed by atoms with Crippen molar-refractivity contribution < 1.29 is 23.9 Å². The Kier molecular flexibility index (Phi) is 6.13. The van der Waals surface area contributed by atoms with Crippen molar-refractivity contribution in [3.05, 3.63) is 64.5 Å². The summed E-state index contributed by atoms with van der Waals surface area (Å²) >= 11 is 1.14. The number of nitrogens with zero attached hydrogens (tertiary/aromatic N) is 1. The van der Waals surface area contributed by atoms with Gasteiger partial charge in [-0.05, 0) is 29.7 Å². The van der Waals surface area contributed by atoms with Crippen molar-refractivity contribution in [3.63, 3.8) is 0 Å². The van der Waals surface area contributed by atoms with Gasteiger partial charge in [0.25, 0.3) is 5.91 Å². The molecule has 1 N–H and O–H groups in total. The molecule has 2 aromatic heterocycles. The molecule has 0 aliphatic heterocycles. The van der Waals surface area contributed by atoms with E-state index in [4.69, 9.17) is 4.74 Å². The molecule has 3 aromatic rings. The monoisotopic (exact) mass is 396 g/mol. The van der Waals surface area contributed by atoms with Crippen LogP contribution in [0.15, 0.2) is 53.9 Å². The second kappa shape index (κ2) is 8.92. The zero-order valence-electron chi connectivity index (χ0n) is 14.9. The highest BCUT2D eigenvalue weighted by Gasteiger charge is 2.16. The van der Waals surface area contributed by atoms with Gasteiger partial charge in [-0.15, -0.1) is 11.3 Å². The number of anilines is 1. The molecule has 0 bridgehead atoms. The van der Waals surface area contributed by atoms with Crippen molar-refractivity contribution in [3.8, 4) is 0 Å². The van der Waals surface area contributed by atoms with E-state index >= 15 is 0 Å². The molecule has 7 nitrogen and oxygen atoms in total. The lowest BCUT2D eigenvalue weighted by Crippen LogP contribution is -2.21. The number of carbonyl (C=O) groups excluding carboxylic acids is 3. The summed E-state index contributed by atoms with van der Waals surface area (Å²) < 4.78 is 9.55. The Morgan fingerprint density at radius 1 is 1.14 bits per heavy atom. The Bertz CT molecular complexity index is 1060. The zero-order valence-corrected chi connectivity index (χ0v) is 15.7. The molecule has 3 rings (SSSR count). The number of amides is 1. The Morgan fingerprint density at radius 2 is 1.96 bits per heavy atom. The van der Waals surface area contributed by atoms with Crippen LogP contribution in [0.4, 0.5) is 5.69 Å². The summed E-state index contributed by atoms with van der Waals surface area (Å²) in [6, 6.07) is 12.9. The molecule has 1 amide bonds. The number of methoxy groups -OCH3 is 1. The van der Waals surface area contributed by atoms with Crippen LogP contribution in [0.3, 0.4) is 0 Å². The molecule has 0 saturated heterocycles. The second-order valence-electron chi connectivity index (χ2n) is 5.57. The van der Waals surface area contributed by atoms with Gasteiger partial charge in [0.1, 0.15) is 4.88 Å². The molecule has 0 fully saturated rings. The quantitative estimate of drug-likeness (QED) is 0.508. The zero-order chi connectivity index (χ0) is 19.9. The van der Waals surface area contributed by atoms with Crippen LogP contribution in [0.25, 0.3) is 17.0 Å². The van der Waals surface area contributed by atoms with Gasteiger partial charge >= 0.3 is 11.9 Å². The van der Waals surface area contributed by atoms with Gasteiger partial charge in [0, 0.05) is 11.5 Å². The maximum atomic E-state index is 11.9. The molecule has 2 heterocycles. The third kappa shape index (κ3) is 4.80. The van der Waals surface area contributed by atoms with Crippen molar-refractivity contribution >= 4 is 51.8 Å². The number of benzene rings is 1. The Hall–Kier alpha value is -3.52. The van der Waals surface area contributed by atoms with Crippen molar-refractivity contribution in [1.82, 2.24) is 4.98 Å². The van der Waals surface area contributed by atoms with Crippen LogP contribution in [0.1, 0.15) is 15.4 Å². The number of hydrogen-bond donors (Lipinski definition) is 1. The Balaban J connectivity index is 1.53. The summed E-state index contributed by atoms with van der Waals surface area (Å²) in [5.74, 6) is -1.79. The van der Waals surface area contributed by atoms with Gasteiger partial charge in [0.15, 0.2) is 6.61 Å². The summed E-state index contributed by atoms with van der Waals surface area (Å²) in [7, 11) is 1.26. The second-order valence-corrected chi connectivity index (χ2v) is 6.49. The lowest BCUT2D eigenvalue weighted by atomic mass is 10.2. The third-order valence-electron chi connectivity index (χ3n) is 3.67. The number of thiophene rings is 1. The summed E-state index contributed by atoms with van der Waals surface area (Å²) in [5.41, 5.74) is 1.73. The van der Waals surface area contributed by atoms with E-state index in [0.29, 0.717) is 11.4 Å². The fourth-order valence-electron chi connectivity index (χ4n) is 2.36. The minimum absolute atomic E-state index is 0.268. The van der Waals surface area contributed by atoms with Gasteiger partial charge in [0.05, 0.1) is 24.0 Å². The van der Waals surface area contributed by atoms with Crippen molar-refractivity contribution in [2.24, 2.45) is 0 Å². The number of pyridine rings is 1. The predicted molar refractivity (Wildman–Crippen MR) is 106 cm³/mol. The molecule has 0 aliphatic carbocycles. The summed E-state index contributed by atoms with van der Waals surface area (Å²) in [5, 5.41) is 5.16. The minimum Gasteiger partial charge on any atom is -0.465 e. The molecule has 28 heavy (non-hydrogen) atoms. The first-order valence-corrected chi connectivity index (χ1v) is 9.11. The first kappa shape index (κ1) is 19.2. The third-order valence-corrected chi connectivity index (χ3v) is 4.56. The van der Waals surface area contributed by atoms with Gasteiger partial charge in [-0.3, -0.25) is 4.79 Å². The number of esters is 2. The van der Waals surface area contributed by atoms with Crippen LogP contribution in [-0.2, 0) is 19.1 Å². The van der Waals surface area contributed by atoms with E-state index in [9.17, 15) is 14.4 Å². The summed E-state index contributed by atoms with van der Waals surface area (Å²) in [6.45, 7) is -0.481. The fraction of sp³-hybridized carbons (Fsp3) is 0.100. The minimum atomic E-state index is -0.677. The summed E-state index contributed by atoms with van der Waals surface area (Å²) in [4.78, 5) is 40.0. The number of para-hydroxylation sites is 1. The molecule has 8 heteroatoms. The number of fused-ring (bicyclic) bond motifs is 1. The van der Waals surface area contributed by atoms with Crippen LogP contribution in [-0.4, -0.2) is 36.5 Å². The number of carbonyl (C=O) groups is 3. The van der Waals surface area contributed by atoms with E-state index < -0.39 is 24.5 Å². The fourth-order valence-corrected chi connectivity index (χ4v) is 3.12. The average molecular weight is 396 g/mol. The van der Waals surface area contributed by atoms with E-state index in [0.717, 1.165) is 22.2 Å². The normalized spacial score (nSPS) is 10.8. The van der Waals surface area contributed by atoms with Gasteiger partial charge in [-0.1, -0.05) is 24.3 Å². The predicted octanol–water partition coefficient (Wildman–Crippen LogP) is 3.28. The summed E-state index contributed by atoms with van der Waals surface area (Å²) in [6.07, 6.45) is 2.72. The van der Waals surface area contributed by atoms with Crippen molar-refractivity contribution in [2.45, 2.75) is 0 Å². The number of nitrogens with one attached hydrogen (secondary N) is 1. The average Bonchev–Trinajstić information content (AvgIpc) is 3.18. The highest BCUT2D eigenvalue weighted by atomic mass is 32.1. The molecule has 0 radical (unpaired) electrons. The van der Waals surface area contributed by atoms with Gasteiger partial charge in [-0.25, -0.2) is 14.6 Å². The Labute approximate surface area is 164 Å². The molecule has 0 saturated carbocycles. The lowest BCUT2D eigenvalue weighted by Gasteiger charge is -2.05. The molecular formula is C20H16N2O5S. The Morgan fingerprint density at radius 3 is 2.79 bits per heavy atom. The maximum Gasteiger partial charge on any atom is 0.350 e. The highest BCUT2D eigenvalue weighted by Crippen LogP contribution is 2.23. The first-order valence-electron chi connectivity index (χ1n) is 8.23. The van der Waals surface area contributed by atoms with Crippen LogP contribution in [0.5, 0.6) is 0 Å². The molecule has 0 aliphatic rings. The lowest BCUT2D eigenvalue weighted by molar-refractivity contribution is -0.142. The number of aromatic nitrogens is 1. The standard InChI is InChI=1S/C20H16N2O5S/c1-26-20(25)19-16(10-11-28-19)22-17(23)12-27-18(24)9-8-14-7-6-13-4-2-3-5-15(13)21-14/h2-11H,12H2,1H3,(H,22,23)/b9-8+. The van der Waals surface area contributed by atoms with Crippen LogP contribution >= 0.6 is 11.3 Å². The van der Waals surface area contributed by atoms with Gasteiger partial charge in [-0.2, -0.15) is 0 Å². The van der Waals surface area contributed by atoms with Crippen molar-refractivity contribution in [1.29, 1.82) is 0 Å². The topological polar surface area (TPSA) is 94.6 Å². The van der Waals surface area contributed by atoms with Crippen LogP contribution in [0.2, 0.25) is 0 Å². The molecular weight excluding hydrogens is 380 g/mol. The SMILES string of the molecule is COC(=O)c1sccc1NC(=O)COC(=O)/C=C/c1ccc2ccccc2n1. The van der Waals surface area contributed by atoms with Crippen LogP contribution < -0.4 is 5.32 Å². The van der Waals surface area contributed by atoms with Gasteiger partial charge in [0.2, 0.25) is 0 Å². The molecule has 1 aromatic carbocycles. The number of hydrogen-bond acceptors (Lipinski definition) is 7. The van der Waals surface area contributed by atoms with Gasteiger partial charge < -0.3 is 14.8 Å². The van der Waals surface area contributed by atoms with E-state index in [1.807, 2.05) is 30.3 Å². The molecule has 0 spiro atoms. The number of ether oxygens (including phenoxy) is 2. The van der Waals surface area contributed by atoms with Crippen molar-refractivity contribution in [2.75, 3.05) is 19.0 Å². The maximum absolute atomic E-state index is 11.9. The van der Waals surface area contributed by atoms with E-state index in [1.54, 1.807) is 17.5 Å². The molecule has 0 atom stereocenters. The molecule has 142 valence electrons. The van der Waals surface area contributed by atoms with Crippen LogP contribution in [0, 0.1) is 0 Å². The van der Waals surface area contributed by atoms with E-state index in [1.165, 1.54) is 19.3 Å². The largest absolute Gasteiger partial charge is 0.465 e. The smallest absolute Gasteiger partial charge is 0.350 e. The van der Waals surface area contributed by atoms with E-state index in [-0.39, 0.29) is 4.88 Å². The first-order chi connectivity index (χ1) is 13.6. The molecule has 0 unspecified atom stereocenters. The van der Waals surface area contributed by atoms with E-state index in [2.05, 4.69) is 15.0 Å². The highest BCUT2D eigenvalue weighted by molar-refractivity contribution is 7.12. The number of rotatable bonds is 6.